The lowest BCUT2D eigenvalue weighted by Gasteiger charge is -2.31. The third kappa shape index (κ3) is 6.17. The first-order valence-corrected chi connectivity index (χ1v) is 10.7. The standard InChI is InChI=1S/C20H33N7O3/c1-14(28)26-8-4-16(5-9-26)12-21-18-23-19(25-20(24-18)30-3)22-13-17-6-10-27(11-7-17)15(2)29/h16-17H,4-13H2,1-3H3,(H2,21,22,23,24,25). The highest BCUT2D eigenvalue weighted by atomic mass is 16.5. The van der Waals surface area contributed by atoms with Crippen LogP contribution in [-0.2, 0) is 9.59 Å². The molecule has 1 aromatic rings. The summed E-state index contributed by atoms with van der Waals surface area (Å²) in [5.41, 5.74) is 0. The van der Waals surface area contributed by atoms with Crippen molar-refractivity contribution in [2.75, 3.05) is 57.0 Å². The topological polar surface area (TPSA) is 113 Å². The molecule has 0 saturated carbocycles. The monoisotopic (exact) mass is 419 g/mol. The first kappa shape index (κ1) is 22.0. The summed E-state index contributed by atoms with van der Waals surface area (Å²) >= 11 is 0. The fourth-order valence-corrected chi connectivity index (χ4v) is 3.98. The Labute approximate surface area is 177 Å². The van der Waals surface area contributed by atoms with Crippen molar-refractivity contribution in [1.29, 1.82) is 0 Å². The van der Waals surface area contributed by atoms with Crippen LogP contribution in [0.1, 0.15) is 39.5 Å². The van der Waals surface area contributed by atoms with Crippen molar-refractivity contribution in [3.05, 3.63) is 0 Å². The summed E-state index contributed by atoms with van der Waals surface area (Å²) in [6, 6.07) is 0.271. The molecule has 10 heteroatoms. The molecule has 2 amide bonds. The van der Waals surface area contributed by atoms with Gasteiger partial charge in [-0.2, -0.15) is 15.0 Å². The fraction of sp³-hybridized carbons (Fsp3) is 0.750. The zero-order chi connectivity index (χ0) is 21.5. The first-order chi connectivity index (χ1) is 14.4. The number of amides is 2. The second-order valence-electron chi connectivity index (χ2n) is 8.13. The summed E-state index contributed by atoms with van der Waals surface area (Å²) < 4.78 is 5.23. The number of anilines is 2. The van der Waals surface area contributed by atoms with Gasteiger partial charge in [-0.05, 0) is 37.5 Å². The van der Waals surface area contributed by atoms with E-state index in [1.54, 1.807) is 13.8 Å². The summed E-state index contributed by atoms with van der Waals surface area (Å²) in [6.07, 6.45) is 3.88. The minimum atomic E-state index is 0.145. The third-order valence-electron chi connectivity index (χ3n) is 6.01. The van der Waals surface area contributed by atoms with Gasteiger partial charge in [0.15, 0.2) is 0 Å². The number of rotatable bonds is 7. The molecule has 0 unspecified atom stereocenters. The van der Waals surface area contributed by atoms with Crippen LogP contribution in [0.25, 0.3) is 0 Å². The number of aromatic nitrogens is 3. The quantitative estimate of drug-likeness (QED) is 0.678. The molecule has 0 atom stereocenters. The molecule has 0 radical (unpaired) electrons. The Balaban J connectivity index is 1.49. The average Bonchev–Trinajstić information content (AvgIpc) is 2.76. The van der Waals surface area contributed by atoms with Crippen molar-refractivity contribution in [2.24, 2.45) is 11.8 Å². The molecule has 2 fully saturated rings. The smallest absolute Gasteiger partial charge is 0.322 e. The Bertz CT molecular complexity index is 673. The number of ether oxygens (including phenoxy) is 1. The highest BCUT2D eigenvalue weighted by Crippen LogP contribution is 2.20. The summed E-state index contributed by atoms with van der Waals surface area (Å²) in [5, 5.41) is 6.60. The van der Waals surface area contributed by atoms with Gasteiger partial charge in [0.2, 0.25) is 23.7 Å². The average molecular weight is 420 g/mol. The van der Waals surface area contributed by atoms with Crippen LogP contribution in [0.3, 0.4) is 0 Å². The molecule has 0 aliphatic carbocycles. The molecule has 0 bridgehead atoms. The summed E-state index contributed by atoms with van der Waals surface area (Å²) in [4.78, 5) is 39.8. The van der Waals surface area contributed by atoms with E-state index < -0.39 is 0 Å². The number of hydrogen-bond donors (Lipinski definition) is 2. The molecule has 3 rings (SSSR count). The van der Waals surface area contributed by atoms with Gasteiger partial charge in [0.25, 0.3) is 0 Å². The van der Waals surface area contributed by atoms with Gasteiger partial charge in [0, 0.05) is 53.1 Å². The number of piperidine rings is 2. The highest BCUT2D eigenvalue weighted by Gasteiger charge is 2.22. The third-order valence-corrected chi connectivity index (χ3v) is 6.01. The number of nitrogens with one attached hydrogen (secondary N) is 2. The van der Waals surface area contributed by atoms with Crippen LogP contribution >= 0.6 is 0 Å². The maximum atomic E-state index is 11.5. The molecule has 2 aliphatic rings. The maximum absolute atomic E-state index is 11.5. The molecule has 3 heterocycles. The number of carbonyl (C=O) groups is 2. The largest absolute Gasteiger partial charge is 0.467 e. The van der Waals surface area contributed by atoms with E-state index in [0.717, 1.165) is 65.0 Å². The van der Waals surface area contributed by atoms with E-state index in [-0.39, 0.29) is 17.8 Å². The minimum absolute atomic E-state index is 0.145. The Hall–Kier alpha value is -2.65. The Kier molecular flexibility index (Phi) is 7.64. The molecular weight excluding hydrogens is 386 g/mol. The van der Waals surface area contributed by atoms with Crippen LogP contribution in [0.5, 0.6) is 6.01 Å². The molecule has 166 valence electrons. The van der Waals surface area contributed by atoms with Crippen molar-refractivity contribution >= 4 is 23.7 Å². The second kappa shape index (κ2) is 10.4. The SMILES string of the molecule is COc1nc(NCC2CCN(C(C)=O)CC2)nc(NCC2CCN(C(C)=O)CC2)n1. The van der Waals surface area contributed by atoms with Crippen molar-refractivity contribution < 1.29 is 14.3 Å². The molecule has 30 heavy (non-hydrogen) atoms. The lowest BCUT2D eigenvalue weighted by Crippen LogP contribution is -2.38. The van der Waals surface area contributed by atoms with Gasteiger partial charge in [-0.15, -0.1) is 0 Å². The highest BCUT2D eigenvalue weighted by molar-refractivity contribution is 5.73. The lowest BCUT2D eigenvalue weighted by atomic mass is 9.97. The molecule has 0 spiro atoms. The van der Waals surface area contributed by atoms with Gasteiger partial charge in [0.1, 0.15) is 0 Å². The Morgan fingerprint density at radius 3 is 1.57 bits per heavy atom. The van der Waals surface area contributed by atoms with Crippen LogP contribution in [0.4, 0.5) is 11.9 Å². The van der Waals surface area contributed by atoms with Crippen LogP contribution < -0.4 is 15.4 Å². The summed E-state index contributed by atoms with van der Waals surface area (Å²) in [6.45, 7) is 7.96. The van der Waals surface area contributed by atoms with Crippen molar-refractivity contribution in [3.8, 4) is 6.01 Å². The van der Waals surface area contributed by atoms with E-state index in [4.69, 9.17) is 4.74 Å². The Morgan fingerprint density at radius 1 is 0.833 bits per heavy atom. The van der Waals surface area contributed by atoms with Gasteiger partial charge in [0.05, 0.1) is 7.11 Å². The number of methoxy groups -OCH3 is 1. The summed E-state index contributed by atoms with van der Waals surface area (Å²) in [5.74, 6) is 2.23. The number of carbonyl (C=O) groups excluding carboxylic acids is 2. The predicted molar refractivity (Wildman–Crippen MR) is 113 cm³/mol. The van der Waals surface area contributed by atoms with E-state index in [0.29, 0.717) is 23.7 Å². The van der Waals surface area contributed by atoms with Gasteiger partial charge in [-0.1, -0.05) is 0 Å². The minimum Gasteiger partial charge on any atom is -0.467 e. The van der Waals surface area contributed by atoms with E-state index in [1.807, 2.05) is 9.80 Å². The van der Waals surface area contributed by atoms with Crippen molar-refractivity contribution in [3.63, 3.8) is 0 Å². The fourth-order valence-electron chi connectivity index (χ4n) is 3.98. The molecule has 10 nitrogen and oxygen atoms in total. The van der Waals surface area contributed by atoms with Gasteiger partial charge in [-0.25, -0.2) is 0 Å². The van der Waals surface area contributed by atoms with Crippen LogP contribution in [0.15, 0.2) is 0 Å². The zero-order valence-electron chi connectivity index (χ0n) is 18.2. The van der Waals surface area contributed by atoms with Crippen LogP contribution in [0.2, 0.25) is 0 Å². The lowest BCUT2D eigenvalue weighted by molar-refractivity contribution is -0.130. The van der Waals surface area contributed by atoms with Crippen LogP contribution in [-0.4, -0.2) is 82.9 Å². The summed E-state index contributed by atoms with van der Waals surface area (Å²) in [7, 11) is 1.54. The van der Waals surface area contributed by atoms with Crippen LogP contribution in [0, 0.1) is 11.8 Å². The molecular formula is C20H33N7O3. The van der Waals surface area contributed by atoms with Gasteiger partial charge < -0.3 is 25.2 Å². The molecule has 2 saturated heterocycles. The van der Waals surface area contributed by atoms with E-state index in [1.165, 1.54) is 7.11 Å². The number of likely N-dealkylation sites (tertiary alicyclic amines) is 2. The second-order valence-corrected chi connectivity index (χ2v) is 8.13. The zero-order valence-corrected chi connectivity index (χ0v) is 18.2. The molecule has 2 N–H and O–H groups in total. The molecule has 1 aromatic heterocycles. The molecule has 2 aliphatic heterocycles. The van der Waals surface area contributed by atoms with Gasteiger partial charge >= 0.3 is 6.01 Å². The normalized spacial score (nSPS) is 18.2. The van der Waals surface area contributed by atoms with Gasteiger partial charge in [-0.3, -0.25) is 9.59 Å². The van der Waals surface area contributed by atoms with Crippen molar-refractivity contribution in [2.45, 2.75) is 39.5 Å². The van der Waals surface area contributed by atoms with Crippen molar-refractivity contribution in [1.82, 2.24) is 24.8 Å². The number of nitrogens with zero attached hydrogens (tertiary/aromatic N) is 5. The van der Waals surface area contributed by atoms with E-state index >= 15 is 0 Å². The van der Waals surface area contributed by atoms with E-state index in [2.05, 4.69) is 25.6 Å². The predicted octanol–water partition coefficient (Wildman–Crippen LogP) is 1.22. The number of hydrogen-bond acceptors (Lipinski definition) is 8. The maximum Gasteiger partial charge on any atom is 0.322 e. The first-order valence-electron chi connectivity index (χ1n) is 10.7. The van der Waals surface area contributed by atoms with E-state index in [9.17, 15) is 9.59 Å². The molecule has 0 aromatic carbocycles. The Morgan fingerprint density at radius 2 is 1.23 bits per heavy atom.